The summed E-state index contributed by atoms with van der Waals surface area (Å²) in [5, 5.41) is 13.0. The molecule has 10 heavy (non-hydrogen) atoms. The van der Waals surface area contributed by atoms with Crippen molar-refractivity contribution >= 4 is 6.03 Å². The highest BCUT2D eigenvalue weighted by molar-refractivity contribution is 5.78. The molecular weight excluding hydrogens is 130 g/mol. The minimum absolute atomic E-state index is 0.242. The fraction of sp³-hybridized carbons (Fsp3) is 0. The molecule has 1 aliphatic heterocycles. The lowest BCUT2D eigenvalue weighted by atomic mass is 10.4. The number of carbonyl (C=O) groups excluding carboxylic acids is 1. The van der Waals surface area contributed by atoms with Crippen LogP contribution in [0.15, 0.2) is 24.0 Å². The van der Waals surface area contributed by atoms with Gasteiger partial charge in [0.25, 0.3) is 0 Å². The highest BCUT2D eigenvalue weighted by Crippen LogP contribution is 1.90. The first kappa shape index (κ1) is 6.36. The lowest BCUT2D eigenvalue weighted by Gasteiger charge is -1.96. The van der Waals surface area contributed by atoms with E-state index in [1.807, 2.05) is 6.07 Å². The van der Waals surface area contributed by atoms with Crippen LogP contribution in [0.3, 0.4) is 0 Å². The van der Waals surface area contributed by atoms with Gasteiger partial charge in [-0.05, 0) is 12.2 Å². The molecular formula is C6H5N3O. The molecule has 0 aromatic rings. The molecule has 4 heteroatoms. The van der Waals surface area contributed by atoms with Crippen molar-refractivity contribution in [3.8, 4) is 6.07 Å². The van der Waals surface area contributed by atoms with E-state index in [1.54, 1.807) is 6.08 Å². The first-order valence-electron chi connectivity index (χ1n) is 2.67. The predicted octanol–water partition coefficient (Wildman–Crippen LogP) is 0.220. The van der Waals surface area contributed by atoms with Gasteiger partial charge in [0.2, 0.25) is 0 Å². The predicted molar refractivity (Wildman–Crippen MR) is 34.5 cm³/mol. The van der Waals surface area contributed by atoms with Gasteiger partial charge in [-0.2, -0.15) is 5.26 Å². The lowest BCUT2D eigenvalue weighted by Crippen LogP contribution is -2.29. The van der Waals surface area contributed by atoms with Crippen LogP contribution >= 0.6 is 0 Å². The molecule has 0 saturated heterocycles. The molecule has 0 aliphatic carbocycles. The second-order valence-corrected chi connectivity index (χ2v) is 1.65. The zero-order valence-electron chi connectivity index (χ0n) is 5.09. The highest BCUT2D eigenvalue weighted by Gasteiger charge is 2.01. The quantitative estimate of drug-likeness (QED) is 0.499. The van der Waals surface area contributed by atoms with Gasteiger partial charge in [-0.1, -0.05) is 0 Å². The average Bonchev–Trinajstić information content (AvgIpc) is 2.13. The van der Waals surface area contributed by atoms with Gasteiger partial charge in [0.15, 0.2) is 0 Å². The Hall–Kier alpha value is -1.76. The molecule has 0 spiro atoms. The van der Waals surface area contributed by atoms with E-state index in [4.69, 9.17) is 5.26 Å². The Labute approximate surface area is 57.8 Å². The van der Waals surface area contributed by atoms with Crippen LogP contribution in [0.5, 0.6) is 0 Å². The maximum atomic E-state index is 10.6. The first-order valence-corrected chi connectivity index (χ1v) is 2.67. The summed E-state index contributed by atoms with van der Waals surface area (Å²) in [6.45, 7) is 0. The van der Waals surface area contributed by atoms with Crippen LogP contribution in [0.2, 0.25) is 0 Å². The second kappa shape index (κ2) is 2.69. The van der Waals surface area contributed by atoms with Crippen LogP contribution < -0.4 is 10.6 Å². The lowest BCUT2D eigenvalue weighted by molar-refractivity contribution is 0.247. The van der Waals surface area contributed by atoms with Crippen LogP contribution in [0.25, 0.3) is 0 Å². The Morgan fingerprint density at radius 3 is 3.10 bits per heavy atom. The summed E-state index contributed by atoms with van der Waals surface area (Å²) in [6.07, 6.45) is 4.55. The molecule has 0 bridgehead atoms. The standard InChI is InChI=1S/C6H5N3O/c7-4-5-2-1-3-8-6(10)9-5/h1-3H,(H2,8,9,10). The summed E-state index contributed by atoms with van der Waals surface area (Å²) < 4.78 is 0. The van der Waals surface area contributed by atoms with Crippen LogP contribution in [0.4, 0.5) is 4.79 Å². The maximum Gasteiger partial charge on any atom is 0.323 e. The maximum absolute atomic E-state index is 10.6. The number of hydrogen-bond donors (Lipinski definition) is 2. The van der Waals surface area contributed by atoms with E-state index in [9.17, 15) is 4.79 Å². The van der Waals surface area contributed by atoms with Crippen molar-refractivity contribution < 1.29 is 4.79 Å². The monoisotopic (exact) mass is 135 g/mol. The van der Waals surface area contributed by atoms with E-state index >= 15 is 0 Å². The van der Waals surface area contributed by atoms with Crippen LogP contribution in [-0.4, -0.2) is 6.03 Å². The van der Waals surface area contributed by atoms with Crippen LogP contribution in [0, 0.1) is 11.3 Å². The summed E-state index contributed by atoms with van der Waals surface area (Å²) >= 11 is 0. The van der Waals surface area contributed by atoms with E-state index in [0.29, 0.717) is 0 Å². The SMILES string of the molecule is N#CC1=CC=CNC(=O)N1. The summed E-state index contributed by atoms with van der Waals surface area (Å²) in [7, 11) is 0. The summed E-state index contributed by atoms with van der Waals surface area (Å²) in [6, 6.07) is 1.42. The molecule has 4 nitrogen and oxygen atoms in total. The van der Waals surface area contributed by atoms with E-state index < -0.39 is 0 Å². The Bertz CT molecular complexity index is 246. The van der Waals surface area contributed by atoms with E-state index in [-0.39, 0.29) is 11.7 Å². The number of nitrogens with zero attached hydrogens (tertiary/aromatic N) is 1. The van der Waals surface area contributed by atoms with Crippen molar-refractivity contribution in [2.24, 2.45) is 0 Å². The smallest absolute Gasteiger partial charge is 0.314 e. The third-order valence-corrected chi connectivity index (χ3v) is 0.942. The Balaban J connectivity index is 2.78. The number of rotatable bonds is 0. The molecule has 1 heterocycles. The molecule has 0 aromatic carbocycles. The van der Waals surface area contributed by atoms with Gasteiger partial charge in [0.1, 0.15) is 11.8 Å². The number of allylic oxidation sites excluding steroid dienone is 3. The van der Waals surface area contributed by atoms with Gasteiger partial charge in [0, 0.05) is 6.20 Å². The summed E-state index contributed by atoms with van der Waals surface area (Å²) in [5.74, 6) is 0. The molecule has 0 aromatic heterocycles. The third-order valence-electron chi connectivity index (χ3n) is 0.942. The van der Waals surface area contributed by atoms with Crippen molar-refractivity contribution in [1.82, 2.24) is 10.6 Å². The normalized spacial score (nSPS) is 15.9. The Kier molecular flexibility index (Phi) is 1.71. The van der Waals surface area contributed by atoms with Crippen molar-refractivity contribution in [2.75, 3.05) is 0 Å². The highest BCUT2D eigenvalue weighted by atomic mass is 16.2. The van der Waals surface area contributed by atoms with Crippen molar-refractivity contribution in [1.29, 1.82) is 5.26 Å². The number of nitrogens with one attached hydrogen (secondary N) is 2. The van der Waals surface area contributed by atoms with Gasteiger partial charge in [0.05, 0.1) is 0 Å². The van der Waals surface area contributed by atoms with E-state index in [0.717, 1.165) is 0 Å². The Morgan fingerprint density at radius 1 is 1.60 bits per heavy atom. The van der Waals surface area contributed by atoms with Gasteiger partial charge in [-0.25, -0.2) is 4.79 Å². The first-order chi connectivity index (χ1) is 4.83. The fourth-order valence-electron chi connectivity index (χ4n) is 0.533. The van der Waals surface area contributed by atoms with Gasteiger partial charge in [-0.15, -0.1) is 0 Å². The topological polar surface area (TPSA) is 64.9 Å². The average molecular weight is 135 g/mol. The molecule has 0 fully saturated rings. The number of hydrogen-bond acceptors (Lipinski definition) is 2. The minimum Gasteiger partial charge on any atom is -0.314 e. The van der Waals surface area contributed by atoms with Gasteiger partial charge < -0.3 is 5.32 Å². The van der Waals surface area contributed by atoms with Crippen LogP contribution in [0.1, 0.15) is 0 Å². The number of amides is 2. The molecule has 1 rings (SSSR count). The third kappa shape index (κ3) is 1.36. The molecule has 1 aliphatic rings. The van der Waals surface area contributed by atoms with Gasteiger partial charge in [-0.3, -0.25) is 5.32 Å². The molecule has 50 valence electrons. The summed E-state index contributed by atoms with van der Waals surface area (Å²) in [4.78, 5) is 10.6. The van der Waals surface area contributed by atoms with Crippen molar-refractivity contribution in [3.63, 3.8) is 0 Å². The molecule has 2 amide bonds. The Morgan fingerprint density at radius 2 is 2.40 bits per heavy atom. The molecule has 2 N–H and O–H groups in total. The van der Waals surface area contributed by atoms with E-state index in [1.165, 1.54) is 12.3 Å². The molecule has 0 atom stereocenters. The number of nitriles is 1. The number of urea groups is 1. The van der Waals surface area contributed by atoms with Crippen LogP contribution in [-0.2, 0) is 0 Å². The molecule has 0 radical (unpaired) electrons. The zero-order valence-corrected chi connectivity index (χ0v) is 5.09. The minimum atomic E-state index is -0.387. The number of carbonyl (C=O) groups is 1. The largest absolute Gasteiger partial charge is 0.323 e. The zero-order chi connectivity index (χ0) is 7.40. The summed E-state index contributed by atoms with van der Waals surface area (Å²) in [5.41, 5.74) is 0.242. The molecule has 0 saturated carbocycles. The van der Waals surface area contributed by atoms with E-state index in [2.05, 4.69) is 10.6 Å². The molecule has 0 unspecified atom stereocenters. The van der Waals surface area contributed by atoms with Crippen molar-refractivity contribution in [2.45, 2.75) is 0 Å². The van der Waals surface area contributed by atoms with Gasteiger partial charge >= 0.3 is 6.03 Å². The fourth-order valence-corrected chi connectivity index (χ4v) is 0.533. The second-order valence-electron chi connectivity index (χ2n) is 1.65. The van der Waals surface area contributed by atoms with Crippen molar-refractivity contribution in [3.05, 3.63) is 24.0 Å².